The first-order valence-electron chi connectivity index (χ1n) is 5.43. The fourth-order valence-corrected chi connectivity index (χ4v) is 2.01. The van der Waals surface area contributed by atoms with Crippen LogP contribution in [0.15, 0.2) is 48.5 Å². The van der Waals surface area contributed by atoms with E-state index < -0.39 is 0 Å². The van der Waals surface area contributed by atoms with Gasteiger partial charge in [-0.3, -0.25) is 0 Å². The molecule has 0 saturated heterocycles. The van der Waals surface area contributed by atoms with E-state index in [-0.39, 0.29) is 0 Å². The van der Waals surface area contributed by atoms with Crippen molar-refractivity contribution >= 4 is 11.0 Å². The smallest absolute Gasteiger partial charge is 0.137 e. The number of aromatic nitrogens is 2. The standard InChI is InChI=1S/C13H13N3/c1-3-10(8-14-5-1)7-11-9-16-13-12(11)4-2-6-15-13/h1-4,6,8-9,14H,5,7H2,(H,15,16). The third kappa shape index (κ3) is 1.60. The number of aromatic amines is 1. The summed E-state index contributed by atoms with van der Waals surface area (Å²) >= 11 is 0. The maximum atomic E-state index is 4.29. The molecule has 16 heavy (non-hydrogen) atoms. The average molecular weight is 211 g/mol. The second kappa shape index (κ2) is 3.85. The Balaban J connectivity index is 1.94. The molecule has 2 N–H and O–H groups in total. The van der Waals surface area contributed by atoms with Crippen molar-refractivity contribution in [3.05, 3.63) is 54.0 Å². The summed E-state index contributed by atoms with van der Waals surface area (Å²) in [5.41, 5.74) is 3.56. The third-order valence-corrected chi connectivity index (χ3v) is 2.79. The van der Waals surface area contributed by atoms with Crippen molar-refractivity contribution < 1.29 is 0 Å². The summed E-state index contributed by atoms with van der Waals surface area (Å²) in [6.45, 7) is 0.930. The average Bonchev–Trinajstić information content (AvgIpc) is 2.74. The lowest BCUT2D eigenvalue weighted by atomic mass is 10.0. The van der Waals surface area contributed by atoms with Crippen LogP contribution in [0.3, 0.4) is 0 Å². The monoisotopic (exact) mass is 211 g/mol. The van der Waals surface area contributed by atoms with Crippen LogP contribution in [0.2, 0.25) is 0 Å². The lowest BCUT2D eigenvalue weighted by Crippen LogP contribution is -2.09. The number of H-pyrrole nitrogens is 1. The van der Waals surface area contributed by atoms with Crippen molar-refractivity contribution in [3.63, 3.8) is 0 Å². The quantitative estimate of drug-likeness (QED) is 0.799. The highest BCUT2D eigenvalue weighted by atomic mass is 14.8. The van der Waals surface area contributed by atoms with Crippen molar-refractivity contribution in [3.8, 4) is 0 Å². The molecule has 1 aliphatic rings. The van der Waals surface area contributed by atoms with E-state index in [0.29, 0.717) is 0 Å². The molecular formula is C13H13N3. The largest absolute Gasteiger partial charge is 0.387 e. The van der Waals surface area contributed by atoms with E-state index in [4.69, 9.17) is 0 Å². The minimum atomic E-state index is 0.930. The van der Waals surface area contributed by atoms with Crippen LogP contribution in [-0.2, 0) is 6.42 Å². The van der Waals surface area contributed by atoms with Gasteiger partial charge in [-0.05, 0) is 23.3 Å². The van der Waals surface area contributed by atoms with Gasteiger partial charge in [-0.15, -0.1) is 0 Å². The fraction of sp³-hybridized carbons (Fsp3) is 0.154. The fourth-order valence-electron chi connectivity index (χ4n) is 2.01. The summed E-state index contributed by atoms with van der Waals surface area (Å²) < 4.78 is 0. The molecular weight excluding hydrogens is 198 g/mol. The highest BCUT2D eigenvalue weighted by Crippen LogP contribution is 2.19. The molecule has 0 radical (unpaired) electrons. The Kier molecular flexibility index (Phi) is 2.22. The molecule has 0 spiro atoms. The van der Waals surface area contributed by atoms with Gasteiger partial charge in [0.1, 0.15) is 5.65 Å². The molecule has 0 unspecified atom stereocenters. The van der Waals surface area contributed by atoms with Crippen LogP contribution < -0.4 is 5.32 Å². The number of nitrogens with zero attached hydrogens (tertiary/aromatic N) is 1. The Morgan fingerprint density at radius 3 is 3.25 bits per heavy atom. The number of nitrogens with one attached hydrogen (secondary N) is 2. The maximum absolute atomic E-state index is 4.29. The highest BCUT2D eigenvalue weighted by molar-refractivity contribution is 5.79. The van der Waals surface area contributed by atoms with Crippen LogP contribution in [0.4, 0.5) is 0 Å². The number of rotatable bonds is 2. The molecule has 0 aliphatic carbocycles. The summed E-state index contributed by atoms with van der Waals surface area (Å²) in [4.78, 5) is 7.48. The number of dihydropyridines is 1. The van der Waals surface area contributed by atoms with E-state index in [0.717, 1.165) is 18.6 Å². The number of allylic oxidation sites excluding steroid dienone is 2. The Hall–Kier alpha value is -2.03. The zero-order valence-corrected chi connectivity index (χ0v) is 8.90. The predicted molar refractivity (Wildman–Crippen MR) is 65.0 cm³/mol. The van der Waals surface area contributed by atoms with Crippen LogP contribution in [0, 0.1) is 0 Å². The summed E-state index contributed by atoms with van der Waals surface area (Å²) in [5.74, 6) is 0. The summed E-state index contributed by atoms with van der Waals surface area (Å²) in [6.07, 6.45) is 11.2. The van der Waals surface area contributed by atoms with Crippen molar-refractivity contribution in [2.24, 2.45) is 0 Å². The van der Waals surface area contributed by atoms with Gasteiger partial charge in [0.2, 0.25) is 0 Å². The van der Waals surface area contributed by atoms with E-state index in [1.54, 1.807) is 0 Å². The maximum Gasteiger partial charge on any atom is 0.137 e. The number of fused-ring (bicyclic) bond motifs is 1. The molecule has 0 aromatic carbocycles. The summed E-state index contributed by atoms with van der Waals surface area (Å²) in [6, 6.07) is 4.08. The summed E-state index contributed by atoms with van der Waals surface area (Å²) in [5, 5.41) is 4.43. The van der Waals surface area contributed by atoms with Gasteiger partial charge in [0.25, 0.3) is 0 Å². The zero-order chi connectivity index (χ0) is 10.8. The SMILES string of the molecule is C1=CC(Cc2c[nH]c3ncccc23)=CNC1. The lowest BCUT2D eigenvalue weighted by molar-refractivity contribution is 0.940. The first-order valence-corrected chi connectivity index (χ1v) is 5.43. The molecule has 3 nitrogen and oxygen atoms in total. The van der Waals surface area contributed by atoms with Crippen molar-refractivity contribution in [1.82, 2.24) is 15.3 Å². The number of hydrogen-bond acceptors (Lipinski definition) is 2. The topological polar surface area (TPSA) is 40.7 Å². The Morgan fingerprint density at radius 2 is 2.38 bits per heavy atom. The Bertz CT molecular complexity index is 563. The molecule has 0 saturated carbocycles. The molecule has 3 rings (SSSR count). The van der Waals surface area contributed by atoms with E-state index in [9.17, 15) is 0 Å². The van der Waals surface area contributed by atoms with Gasteiger partial charge >= 0.3 is 0 Å². The second-order valence-corrected chi connectivity index (χ2v) is 3.92. The van der Waals surface area contributed by atoms with Crippen molar-refractivity contribution in [2.45, 2.75) is 6.42 Å². The van der Waals surface area contributed by atoms with Gasteiger partial charge < -0.3 is 10.3 Å². The minimum Gasteiger partial charge on any atom is -0.387 e. The van der Waals surface area contributed by atoms with Gasteiger partial charge in [0.15, 0.2) is 0 Å². The Morgan fingerprint density at radius 1 is 1.38 bits per heavy atom. The van der Waals surface area contributed by atoms with E-state index in [1.165, 1.54) is 16.5 Å². The first-order chi connectivity index (χ1) is 7.93. The molecule has 0 fully saturated rings. The molecule has 2 aromatic rings. The van der Waals surface area contributed by atoms with E-state index >= 15 is 0 Å². The normalized spacial score (nSPS) is 14.9. The molecule has 80 valence electrons. The molecule has 1 aliphatic heterocycles. The number of hydrogen-bond donors (Lipinski definition) is 2. The van der Waals surface area contributed by atoms with Gasteiger partial charge in [0, 0.05) is 36.9 Å². The zero-order valence-electron chi connectivity index (χ0n) is 8.90. The van der Waals surface area contributed by atoms with Crippen LogP contribution in [0.25, 0.3) is 11.0 Å². The predicted octanol–water partition coefficient (Wildman–Crippen LogP) is 2.15. The van der Waals surface area contributed by atoms with E-state index in [1.807, 2.05) is 18.5 Å². The van der Waals surface area contributed by atoms with E-state index in [2.05, 4.69) is 39.7 Å². The molecule has 0 atom stereocenters. The summed E-state index contributed by atoms with van der Waals surface area (Å²) in [7, 11) is 0. The van der Waals surface area contributed by atoms with Crippen molar-refractivity contribution in [2.75, 3.05) is 6.54 Å². The third-order valence-electron chi connectivity index (χ3n) is 2.79. The molecule has 0 amide bonds. The van der Waals surface area contributed by atoms with Gasteiger partial charge in [-0.1, -0.05) is 12.2 Å². The van der Waals surface area contributed by atoms with Gasteiger partial charge in [-0.25, -0.2) is 4.98 Å². The van der Waals surface area contributed by atoms with Crippen LogP contribution >= 0.6 is 0 Å². The molecule has 3 heterocycles. The molecule has 3 heteroatoms. The minimum absolute atomic E-state index is 0.930. The highest BCUT2D eigenvalue weighted by Gasteiger charge is 2.05. The van der Waals surface area contributed by atoms with Crippen LogP contribution in [0.1, 0.15) is 5.56 Å². The lowest BCUT2D eigenvalue weighted by Gasteiger charge is -2.07. The first kappa shape index (κ1) is 9.21. The van der Waals surface area contributed by atoms with Crippen LogP contribution in [-0.4, -0.2) is 16.5 Å². The van der Waals surface area contributed by atoms with Gasteiger partial charge in [-0.2, -0.15) is 0 Å². The molecule has 2 aromatic heterocycles. The van der Waals surface area contributed by atoms with Crippen LogP contribution in [0.5, 0.6) is 0 Å². The second-order valence-electron chi connectivity index (χ2n) is 3.92. The Labute approximate surface area is 93.9 Å². The number of pyridine rings is 1. The van der Waals surface area contributed by atoms with Crippen molar-refractivity contribution in [1.29, 1.82) is 0 Å². The van der Waals surface area contributed by atoms with Gasteiger partial charge in [0.05, 0.1) is 0 Å². The molecule has 0 bridgehead atoms.